The van der Waals surface area contributed by atoms with Crippen molar-refractivity contribution in [3.05, 3.63) is 88.5 Å². The van der Waals surface area contributed by atoms with Crippen LogP contribution in [0.3, 0.4) is 0 Å². The SMILES string of the molecule is O=C(NCc1noc(C2c3cc(Br)ccc3NN2CCn2ccnc2)n1)c1cccc(OC(F)(F)F)c1. The summed E-state index contributed by atoms with van der Waals surface area (Å²) < 4.78 is 49.7. The number of anilines is 1. The Kier molecular flexibility index (Phi) is 6.84. The highest BCUT2D eigenvalue weighted by Crippen LogP contribution is 2.40. The molecule has 10 nitrogen and oxygen atoms in total. The Hall–Kier alpha value is -3.91. The average molecular weight is 578 g/mol. The van der Waals surface area contributed by atoms with Crippen molar-refractivity contribution in [3.8, 4) is 5.75 Å². The van der Waals surface area contributed by atoms with E-state index in [1.807, 2.05) is 34.0 Å². The minimum Gasteiger partial charge on any atom is -0.406 e. The number of amides is 1. The van der Waals surface area contributed by atoms with Gasteiger partial charge in [0.1, 0.15) is 11.8 Å². The smallest absolute Gasteiger partial charge is 0.406 e. The Labute approximate surface area is 216 Å². The van der Waals surface area contributed by atoms with Gasteiger partial charge in [-0.05, 0) is 36.4 Å². The fourth-order valence-electron chi connectivity index (χ4n) is 3.89. The lowest BCUT2D eigenvalue weighted by molar-refractivity contribution is -0.274. The molecule has 0 saturated carbocycles. The van der Waals surface area contributed by atoms with Crippen molar-refractivity contribution in [1.29, 1.82) is 0 Å². The van der Waals surface area contributed by atoms with Crippen molar-refractivity contribution >= 4 is 27.5 Å². The summed E-state index contributed by atoms with van der Waals surface area (Å²) in [5.74, 6) is -0.571. The Morgan fingerprint density at radius 3 is 2.86 bits per heavy atom. The highest BCUT2D eigenvalue weighted by Gasteiger charge is 2.36. The van der Waals surface area contributed by atoms with E-state index in [9.17, 15) is 18.0 Å². The van der Waals surface area contributed by atoms with Gasteiger partial charge < -0.3 is 24.6 Å². The fourth-order valence-corrected chi connectivity index (χ4v) is 4.27. The van der Waals surface area contributed by atoms with E-state index in [-0.39, 0.29) is 24.0 Å². The number of imidazole rings is 1. The predicted molar refractivity (Wildman–Crippen MR) is 127 cm³/mol. The average Bonchev–Trinajstić information content (AvgIpc) is 3.60. The number of aromatic nitrogens is 4. The molecule has 2 aromatic carbocycles. The van der Waals surface area contributed by atoms with E-state index in [4.69, 9.17) is 4.52 Å². The van der Waals surface area contributed by atoms with Crippen LogP contribution >= 0.6 is 15.9 Å². The van der Waals surface area contributed by atoms with Crippen LogP contribution < -0.4 is 15.5 Å². The third kappa shape index (κ3) is 5.91. The highest BCUT2D eigenvalue weighted by molar-refractivity contribution is 9.10. The van der Waals surface area contributed by atoms with Crippen molar-refractivity contribution in [2.75, 3.05) is 12.0 Å². The van der Waals surface area contributed by atoms with Gasteiger partial charge in [-0.2, -0.15) is 4.98 Å². The van der Waals surface area contributed by atoms with Crippen LogP contribution in [-0.4, -0.2) is 43.5 Å². The largest absolute Gasteiger partial charge is 0.573 e. The molecule has 3 heterocycles. The second-order valence-corrected chi connectivity index (χ2v) is 8.96. The monoisotopic (exact) mass is 577 g/mol. The maximum atomic E-state index is 12.5. The molecule has 0 bridgehead atoms. The van der Waals surface area contributed by atoms with E-state index < -0.39 is 18.0 Å². The van der Waals surface area contributed by atoms with Gasteiger partial charge in [-0.1, -0.05) is 27.2 Å². The molecule has 0 fully saturated rings. The molecule has 0 saturated heterocycles. The van der Waals surface area contributed by atoms with Crippen LogP contribution in [0.2, 0.25) is 0 Å². The third-order valence-electron chi connectivity index (χ3n) is 5.50. The van der Waals surface area contributed by atoms with Crippen molar-refractivity contribution < 1.29 is 27.2 Å². The van der Waals surface area contributed by atoms with Crippen LogP contribution in [-0.2, 0) is 13.1 Å². The lowest BCUT2D eigenvalue weighted by atomic mass is 10.1. The number of hydrogen-bond donors (Lipinski definition) is 2. The summed E-state index contributed by atoms with van der Waals surface area (Å²) in [5, 5.41) is 8.53. The van der Waals surface area contributed by atoms with Crippen molar-refractivity contribution in [2.24, 2.45) is 0 Å². The normalized spacial score (nSPS) is 15.3. The van der Waals surface area contributed by atoms with Gasteiger partial charge >= 0.3 is 6.36 Å². The number of ether oxygens (including phenoxy) is 1. The number of nitrogens with one attached hydrogen (secondary N) is 2. The second kappa shape index (κ2) is 10.2. The molecule has 5 rings (SSSR count). The van der Waals surface area contributed by atoms with Crippen LogP contribution in [0.25, 0.3) is 0 Å². The summed E-state index contributed by atoms with van der Waals surface area (Å²) in [5.41, 5.74) is 5.19. The first kappa shape index (κ1) is 24.8. The molecule has 14 heteroatoms. The topological polar surface area (TPSA) is 110 Å². The molecule has 37 heavy (non-hydrogen) atoms. The summed E-state index contributed by atoms with van der Waals surface area (Å²) in [6, 6.07) is 10.2. The van der Waals surface area contributed by atoms with E-state index in [0.29, 0.717) is 19.0 Å². The van der Waals surface area contributed by atoms with Crippen LogP contribution in [0.1, 0.15) is 33.7 Å². The lowest BCUT2D eigenvalue weighted by Gasteiger charge is -2.22. The Morgan fingerprint density at radius 2 is 2.08 bits per heavy atom. The van der Waals surface area contributed by atoms with Gasteiger partial charge in [-0.3, -0.25) is 4.79 Å². The molecule has 0 aliphatic carbocycles. The van der Waals surface area contributed by atoms with Crippen molar-refractivity contribution in [2.45, 2.75) is 25.5 Å². The molecular weight excluding hydrogens is 559 g/mol. The molecular formula is C23H19BrF3N7O3. The summed E-state index contributed by atoms with van der Waals surface area (Å²) in [4.78, 5) is 21.0. The first-order valence-corrected chi connectivity index (χ1v) is 11.8. The van der Waals surface area contributed by atoms with Crippen molar-refractivity contribution in [3.63, 3.8) is 0 Å². The molecule has 2 aromatic heterocycles. The molecule has 4 aromatic rings. The lowest BCUT2D eigenvalue weighted by Crippen LogP contribution is -2.32. The zero-order valence-corrected chi connectivity index (χ0v) is 20.5. The van der Waals surface area contributed by atoms with E-state index in [1.165, 1.54) is 12.1 Å². The minimum absolute atomic E-state index is 0.00471. The quantitative estimate of drug-likeness (QED) is 0.319. The number of rotatable bonds is 8. The maximum absolute atomic E-state index is 12.5. The number of hydrazine groups is 1. The Morgan fingerprint density at radius 1 is 1.22 bits per heavy atom. The summed E-state index contributed by atoms with van der Waals surface area (Å²) in [7, 11) is 0. The number of halogens is 4. The van der Waals surface area contributed by atoms with Gasteiger partial charge in [-0.15, -0.1) is 13.2 Å². The first-order chi connectivity index (χ1) is 17.7. The van der Waals surface area contributed by atoms with Gasteiger partial charge in [-0.25, -0.2) is 9.99 Å². The number of alkyl halides is 3. The number of hydrogen-bond acceptors (Lipinski definition) is 8. The van der Waals surface area contributed by atoms with E-state index in [1.54, 1.807) is 12.5 Å². The molecule has 1 aliphatic heterocycles. The van der Waals surface area contributed by atoms with Crippen molar-refractivity contribution in [1.82, 2.24) is 30.0 Å². The molecule has 1 amide bonds. The fraction of sp³-hybridized carbons (Fsp3) is 0.217. The number of carbonyl (C=O) groups excluding carboxylic acids is 1. The molecule has 1 aliphatic rings. The van der Waals surface area contributed by atoms with Crippen LogP contribution in [0.4, 0.5) is 18.9 Å². The first-order valence-electron chi connectivity index (χ1n) is 11.0. The number of carbonyl (C=O) groups is 1. The van der Waals surface area contributed by atoms with Crippen LogP contribution in [0.15, 0.2) is 70.2 Å². The highest BCUT2D eigenvalue weighted by atomic mass is 79.9. The van der Waals surface area contributed by atoms with Gasteiger partial charge in [0.05, 0.1) is 18.6 Å². The Balaban J connectivity index is 1.28. The van der Waals surface area contributed by atoms with Crippen LogP contribution in [0.5, 0.6) is 5.75 Å². The summed E-state index contributed by atoms with van der Waals surface area (Å²) in [6.07, 6.45) is 0.450. The molecule has 1 unspecified atom stereocenters. The number of nitrogens with zero attached hydrogens (tertiary/aromatic N) is 5. The zero-order chi connectivity index (χ0) is 26.0. The van der Waals surface area contributed by atoms with E-state index in [2.05, 4.69) is 46.5 Å². The number of fused-ring (bicyclic) bond motifs is 1. The summed E-state index contributed by atoms with van der Waals surface area (Å²) >= 11 is 3.50. The van der Waals surface area contributed by atoms with Gasteiger partial charge in [0.25, 0.3) is 11.8 Å². The van der Waals surface area contributed by atoms with Crippen LogP contribution in [0, 0.1) is 0 Å². The minimum atomic E-state index is -4.86. The second-order valence-electron chi connectivity index (χ2n) is 8.05. The molecule has 0 radical (unpaired) electrons. The predicted octanol–water partition coefficient (Wildman–Crippen LogP) is 4.29. The third-order valence-corrected chi connectivity index (χ3v) is 5.99. The molecule has 0 spiro atoms. The van der Waals surface area contributed by atoms with Gasteiger partial charge in [0.15, 0.2) is 5.82 Å². The zero-order valence-electron chi connectivity index (χ0n) is 18.9. The van der Waals surface area contributed by atoms with E-state index >= 15 is 0 Å². The molecule has 192 valence electrons. The standard InChI is InChI=1S/C23H19BrF3N7O3/c24-15-4-5-18-17(11-15)20(34(31-18)9-8-33-7-6-28-13-33)22-30-19(32-37-22)12-29-21(35)14-2-1-3-16(10-14)36-23(25,26)27/h1-7,10-11,13,20,31H,8-9,12H2,(H,29,35). The van der Waals surface area contributed by atoms with Gasteiger partial charge in [0, 0.05) is 41.1 Å². The maximum Gasteiger partial charge on any atom is 0.573 e. The van der Waals surface area contributed by atoms with E-state index in [0.717, 1.165) is 27.9 Å². The molecule has 1 atom stereocenters. The Bertz CT molecular complexity index is 1390. The summed E-state index contributed by atoms with van der Waals surface area (Å²) in [6.45, 7) is 1.16. The van der Waals surface area contributed by atoms with Gasteiger partial charge in [0.2, 0.25) is 0 Å². The number of benzene rings is 2. The molecule has 2 N–H and O–H groups in total.